The van der Waals surface area contributed by atoms with Gasteiger partial charge in [0.25, 0.3) is 5.91 Å². The molecule has 142 valence electrons. The Hall–Kier alpha value is -1.70. The summed E-state index contributed by atoms with van der Waals surface area (Å²) in [5, 5.41) is 6.13. The average Bonchev–Trinajstić information content (AvgIpc) is 2.67. The van der Waals surface area contributed by atoms with Gasteiger partial charge in [0, 0.05) is 31.7 Å². The number of hydrogen-bond donors (Lipinski definition) is 2. The molecule has 0 spiro atoms. The highest BCUT2D eigenvalue weighted by atomic mass is 32.2. The maximum Gasteiger partial charge on any atom is 0.251 e. The van der Waals surface area contributed by atoms with Gasteiger partial charge in [-0.3, -0.25) is 4.79 Å². The van der Waals surface area contributed by atoms with E-state index in [-0.39, 0.29) is 10.8 Å². The van der Waals surface area contributed by atoms with E-state index >= 15 is 0 Å². The summed E-state index contributed by atoms with van der Waals surface area (Å²) in [5.41, 5.74) is 1.70. The van der Waals surface area contributed by atoms with Crippen LogP contribution in [0.3, 0.4) is 0 Å². The van der Waals surface area contributed by atoms with Crippen LogP contribution in [0.5, 0.6) is 0 Å². The summed E-state index contributed by atoms with van der Waals surface area (Å²) in [6.07, 6.45) is 4.82. The van der Waals surface area contributed by atoms with E-state index in [9.17, 15) is 13.2 Å². The fourth-order valence-electron chi connectivity index (χ4n) is 3.28. The van der Waals surface area contributed by atoms with Crippen LogP contribution in [0.2, 0.25) is 0 Å². The van der Waals surface area contributed by atoms with Crippen molar-refractivity contribution in [2.45, 2.75) is 31.1 Å². The average molecular weight is 378 g/mol. The van der Waals surface area contributed by atoms with Gasteiger partial charge in [-0.15, -0.1) is 0 Å². The number of carbonyl (C=O) groups is 1. The van der Waals surface area contributed by atoms with Crippen molar-refractivity contribution in [3.05, 3.63) is 41.5 Å². The van der Waals surface area contributed by atoms with Gasteiger partial charge in [-0.05, 0) is 56.0 Å². The summed E-state index contributed by atoms with van der Waals surface area (Å²) in [6.45, 7) is 5.59. The van der Waals surface area contributed by atoms with Gasteiger partial charge in [0.1, 0.15) is 0 Å². The molecule has 0 aliphatic carbocycles. The number of benzene rings is 1. The smallest absolute Gasteiger partial charge is 0.251 e. The lowest BCUT2D eigenvalue weighted by Crippen LogP contribution is -2.37. The van der Waals surface area contributed by atoms with E-state index in [0.717, 1.165) is 32.4 Å². The zero-order chi connectivity index (χ0) is 18.6. The third-order valence-electron chi connectivity index (χ3n) is 5.13. The first-order chi connectivity index (χ1) is 12.5. The molecule has 0 bridgehead atoms. The van der Waals surface area contributed by atoms with Gasteiger partial charge >= 0.3 is 0 Å². The third-order valence-corrected chi connectivity index (χ3v) is 7.04. The predicted molar refractivity (Wildman–Crippen MR) is 102 cm³/mol. The molecule has 1 aromatic carbocycles. The monoisotopic (exact) mass is 377 g/mol. The Balaban J connectivity index is 1.62. The minimum Gasteiger partial charge on any atom is -0.348 e. The number of rotatable bonds is 5. The molecule has 2 heterocycles. The SMILES string of the molecule is CC1CCN(S(=O)(=O)c2ccc(C(=O)NCC3=CCNCC3)cc2)CC1. The van der Waals surface area contributed by atoms with Gasteiger partial charge in [0.05, 0.1) is 4.90 Å². The van der Waals surface area contributed by atoms with Crippen LogP contribution in [-0.4, -0.2) is 51.4 Å². The standard InChI is InChI=1S/C19H27N3O3S/c1-15-8-12-22(13-9-15)26(24,25)18-4-2-17(3-5-18)19(23)21-14-16-6-10-20-11-7-16/h2-6,15,20H,7-14H2,1H3,(H,21,23). The second-order valence-electron chi connectivity index (χ2n) is 7.11. The van der Waals surface area contributed by atoms with E-state index in [2.05, 4.69) is 23.6 Å². The lowest BCUT2D eigenvalue weighted by Gasteiger charge is -2.29. The first-order valence-corrected chi connectivity index (χ1v) is 10.7. The van der Waals surface area contributed by atoms with Gasteiger partial charge < -0.3 is 10.6 Å². The van der Waals surface area contributed by atoms with Crippen LogP contribution in [0.1, 0.15) is 36.5 Å². The minimum absolute atomic E-state index is 0.180. The summed E-state index contributed by atoms with van der Waals surface area (Å²) < 4.78 is 27.0. The van der Waals surface area contributed by atoms with Crippen LogP contribution in [0, 0.1) is 5.92 Å². The molecular weight excluding hydrogens is 350 g/mol. The normalized spacial score (nSPS) is 19.8. The van der Waals surface area contributed by atoms with Crippen LogP contribution in [-0.2, 0) is 10.0 Å². The Morgan fingerprint density at radius 3 is 2.54 bits per heavy atom. The molecule has 2 aliphatic rings. The topological polar surface area (TPSA) is 78.5 Å². The summed E-state index contributed by atoms with van der Waals surface area (Å²) in [5.74, 6) is 0.391. The summed E-state index contributed by atoms with van der Waals surface area (Å²) in [6, 6.07) is 6.25. The quantitative estimate of drug-likeness (QED) is 0.767. The molecule has 2 N–H and O–H groups in total. The van der Waals surface area contributed by atoms with E-state index in [4.69, 9.17) is 0 Å². The summed E-state index contributed by atoms with van der Waals surface area (Å²) >= 11 is 0. The van der Waals surface area contributed by atoms with Gasteiger partial charge in [-0.25, -0.2) is 8.42 Å². The van der Waals surface area contributed by atoms with Crippen molar-refractivity contribution in [2.75, 3.05) is 32.7 Å². The van der Waals surface area contributed by atoms with Crippen molar-refractivity contribution < 1.29 is 13.2 Å². The lowest BCUT2D eigenvalue weighted by atomic mass is 10.0. The zero-order valence-corrected chi connectivity index (χ0v) is 16.0. The van der Waals surface area contributed by atoms with Crippen molar-refractivity contribution in [3.63, 3.8) is 0 Å². The first kappa shape index (κ1) is 19.1. The van der Waals surface area contributed by atoms with Gasteiger partial charge in [0.15, 0.2) is 0 Å². The number of carbonyl (C=O) groups excluding carboxylic acids is 1. The molecule has 0 aromatic heterocycles. The van der Waals surface area contributed by atoms with Crippen molar-refractivity contribution in [1.29, 1.82) is 0 Å². The molecule has 0 unspecified atom stereocenters. The number of sulfonamides is 1. The number of amides is 1. The van der Waals surface area contributed by atoms with Crippen molar-refractivity contribution >= 4 is 15.9 Å². The van der Waals surface area contributed by atoms with Crippen molar-refractivity contribution in [1.82, 2.24) is 14.9 Å². The van der Waals surface area contributed by atoms with E-state index in [1.807, 2.05) is 0 Å². The molecule has 6 nitrogen and oxygen atoms in total. The van der Waals surface area contributed by atoms with Crippen LogP contribution in [0.25, 0.3) is 0 Å². The molecule has 0 atom stereocenters. The van der Waals surface area contributed by atoms with Gasteiger partial charge in [-0.1, -0.05) is 18.6 Å². The highest BCUT2D eigenvalue weighted by Crippen LogP contribution is 2.23. The number of piperidine rings is 1. The Morgan fingerprint density at radius 1 is 1.23 bits per heavy atom. The zero-order valence-electron chi connectivity index (χ0n) is 15.2. The Labute approximate surface area is 155 Å². The van der Waals surface area contributed by atoms with Crippen LogP contribution in [0.4, 0.5) is 0 Å². The second kappa shape index (κ2) is 8.33. The number of nitrogens with zero attached hydrogens (tertiary/aromatic N) is 1. The third kappa shape index (κ3) is 4.52. The second-order valence-corrected chi connectivity index (χ2v) is 9.05. The van der Waals surface area contributed by atoms with Gasteiger partial charge in [-0.2, -0.15) is 4.31 Å². The van der Waals surface area contributed by atoms with E-state index in [0.29, 0.717) is 31.1 Å². The predicted octanol–water partition coefficient (Wildman–Crippen LogP) is 1.76. The number of nitrogens with one attached hydrogen (secondary N) is 2. The molecule has 2 aliphatic heterocycles. The molecular formula is C19H27N3O3S. The Bertz CT molecular complexity index is 764. The largest absolute Gasteiger partial charge is 0.348 e. The van der Waals surface area contributed by atoms with Crippen LogP contribution >= 0.6 is 0 Å². The van der Waals surface area contributed by atoms with Crippen molar-refractivity contribution in [3.8, 4) is 0 Å². The molecule has 1 aromatic rings. The molecule has 0 radical (unpaired) electrons. The molecule has 1 saturated heterocycles. The Kier molecular flexibility index (Phi) is 6.11. The van der Waals surface area contributed by atoms with Crippen LogP contribution < -0.4 is 10.6 Å². The molecule has 3 rings (SSSR count). The molecule has 1 fully saturated rings. The maximum atomic E-state index is 12.7. The lowest BCUT2D eigenvalue weighted by molar-refractivity contribution is 0.0956. The van der Waals surface area contributed by atoms with E-state index in [1.165, 1.54) is 17.7 Å². The maximum absolute atomic E-state index is 12.7. The van der Waals surface area contributed by atoms with E-state index in [1.54, 1.807) is 16.4 Å². The summed E-state index contributed by atoms with van der Waals surface area (Å²) in [4.78, 5) is 12.5. The highest BCUT2D eigenvalue weighted by molar-refractivity contribution is 7.89. The minimum atomic E-state index is -3.47. The fraction of sp³-hybridized carbons (Fsp3) is 0.526. The van der Waals surface area contributed by atoms with Crippen LogP contribution in [0.15, 0.2) is 40.8 Å². The number of hydrogen-bond acceptors (Lipinski definition) is 4. The highest BCUT2D eigenvalue weighted by Gasteiger charge is 2.28. The molecule has 1 amide bonds. The van der Waals surface area contributed by atoms with E-state index < -0.39 is 10.0 Å². The van der Waals surface area contributed by atoms with Gasteiger partial charge in [0.2, 0.25) is 10.0 Å². The summed E-state index contributed by atoms with van der Waals surface area (Å²) in [7, 11) is -3.47. The molecule has 0 saturated carbocycles. The molecule has 26 heavy (non-hydrogen) atoms. The van der Waals surface area contributed by atoms with Crippen molar-refractivity contribution in [2.24, 2.45) is 5.92 Å². The Morgan fingerprint density at radius 2 is 1.92 bits per heavy atom. The molecule has 7 heteroatoms. The fourth-order valence-corrected chi connectivity index (χ4v) is 4.75. The first-order valence-electron chi connectivity index (χ1n) is 9.24.